The molecule has 1 aromatic carbocycles. The van der Waals surface area contributed by atoms with Gasteiger partial charge in [0.05, 0.1) is 11.0 Å². The lowest BCUT2D eigenvalue weighted by atomic mass is 10.3. The largest absolute Gasteiger partial charge is 0.477 e. The molecule has 3 rings (SSSR count). The van der Waals surface area contributed by atoms with Crippen LogP contribution < -0.4 is 5.32 Å². The molecule has 2 aromatic heterocycles. The molecule has 0 aliphatic heterocycles. The van der Waals surface area contributed by atoms with Gasteiger partial charge in [0.1, 0.15) is 11.7 Å². The zero-order chi connectivity index (χ0) is 18.0. The molecule has 0 bridgehead atoms. The maximum absolute atomic E-state index is 12.6. The van der Waals surface area contributed by atoms with E-state index in [4.69, 9.17) is 0 Å². The Morgan fingerprint density at radius 3 is 2.76 bits per heavy atom. The molecule has 8 nitrogen and oxygen atoms in total. The highest BCUT2D eigenvalue weighted by Gasteiger charge is 2.23. The van der Waals surface area contributed by atoms with Gasteiger partial charge >= 0.3 is 5.97 Å². The highest BCUT2D eigenvalue weighted by molar-refractivity contribution is 5.95. The number of anilines is 1. The Kier molecular flexibility index (Phi) is 4.51. The highest BCUT2D eigenvalue weighted by Crippen LogP contribution is 2.21. The number of hydrogen-bond donors (Lipinski definition) is 2. The SMILES string of the molecule is CCCn1c(NC(=O)C(C)n2nccc2C(=O)O)nc2ccccc21. The van der Waals surface area contributed by atoms with Gasteiger partial charge in [0, 0.05) is 12.7 Å². The molecule has 0 aliphatic carbocycles. The summed E-state index contributed by atoms with van der Waals surface area (Å²) in [6.07, 6.45) is 2.25. The average molecular weight is 341 g/mol. The number of rotatable bonds is 6. The minimum absolute atomic E-state index is 0.0373. The lowest BCUT2D eigenvalue weighted by Gasteiger charge is -2.15. The molecule has 1 amide bonds. The molecule has 1 atom stereocenters. The molecule has 0 saturated heterocycles. The first-order chi connectivity index (χ1) is 12.0. The number of amides is 1. The van der Waals surface area contributed by atoms with E-state index in [0.717, 1.165) is 17.5 Å². The molecule has 25 heavy (non-hydrogen) atoms. The van der Waals surface area contributed by atoms with Gasteiger partial charge in [0.15, 0.2) is 0 Å². The summed E-state index contributed by atoms with van der Waals surface area (Å²) in [5, 5.41) is 15.9. The van der Waals surface area contributed by atoms with Crippen molar-refractivity contribution < 1.29 is 14.7 Å². The number of fused-ring (bicyclic) bond motifs is 1. The van der Waals surface area contributed by atoms with Gasteiger partial charge in [-0.1, -0.05) is 19.1 Å². The van der Waals surface area contributed by atoms with Crippen LogP contribution in [0.25, 0.3) is 11.0 Å². The Morgan fingerprint density at radius 1 is 1.28 bits per heavy atom. The fourth-order valence-electron chi connectivity index (χ4n) is 2.74. The van der Waals surface area contributed by atoms with E-state index in [1.807, 2.05) is 35.8 Å². The second-order valence-corrected chi connectivity index (χ2v) is 5.71. The number of carboxylic acid groups (broad SMARTS) is 1. The fourth-order valence-corrected chi connectivity index (χ4v) is 2.74. The monoisotopic (exact) mass is 341 g/mol. The number of nitrogens with one attached hydrogen (secondary N) is 1. The lowest BCUT2D eigenvalue weighted by Crippen LogP contribution is -2.28. The Labute approximate surface area is 144 Å². The van der Waals surface area contributed by atoms with Crippen LogP contribution in [0, 0.1) is 0 Å². The lowest BCUT2D eigenvalue weighted by molar-refractivity contribution is -0.119. The van der Waals surface area contributed by atoms with E-state index in [1.54, 1.807) is 6.92 Å². The summed E-state index contributed by atoms with van der Waals surface area (Å²) in [5.41, 5.74) is 1.70. The van der Waals surface area contributed by atoms with Crippen LogP contribution in [0.5, 0.6) is 0 Å². The Hall–Kier alpha value is -3.16. The molecule has 0 aliphatic rings. The molecule has 2 heterocycles. The number of carbonyl (C=O) groups excluding carboxylic acids is 1. The van der Waals surface area contributed by atoms with Crippen LogP contribution in [0.3, 0.4) is 0 Å². The maximum Gasteiger partial charge on any atom is 0.354 e. The molecule has 3 aromatic rings. The van der Waals surface area contributed by atoms with Crippen LogP contribution in [0.1, 0.15) is 36.8 Å². The van der Waals surface area contributed by atoms with Crippen LogP contribution >= 0.6 is 0 Å². The van der Waals surface area contributed by atoms with Crippen LogP contribution in [0.4, 0.5) is 5.95 Å². The first-order valence-corrected chi connectivity index (χ1v) is 8.06. The van der Waals surface area contributed by atoms with Crippen molar-refractivity contribution in [3.8, 4) is 0 Å². The predicted octanol–water partition coefficient (Wildman–Crippen LogP) is 2.54. The van der Waals surface area contributed by atoms with Crippen molar-refractivity contribution in [2.45, 2.75) is 32.9 Å². The number of para-hydroxylation sites is 2. The standard InChI is InChI=1S/C17H19N5O3/c1-3-10-21-13-7-5-4-6-12(13)19-17(21)20-15(23)11(2)22-14(16(24)25)8-9-18-22/h4-9,11H,3,10H2,1-2H3,(H,24,25)(H,19,20,23). The van der Waals surface area contributed by atoms with Gasteiger partial charge in [-0.05, 0) is 31.5 Å². The molecule has 8 heteroatoms. The number of hydrogen-bond acceptors (Lipinski definition) is 4. The number of carbonyl (C=O) groups is 2. The first kappa shape index (κ1) is 16.7. The van der Waals surface area contributed by atoms with Gasteiger partial charge in [-0.2, -0.15) is 5.10 Å². The van der Waals surface area contributed by atoms with E-state index in [-0.39, 0.29) is 11.6 Å². The van der Waals surface area contributed by atoms with Gasteiger partial charge in [0.2, 0.25) is 5.95 Å². The van der Waals surface area contributed by atoms with Gasteiger partial charge in [-0.25, -0.2) is 14.5 Å². The van der Waals surface area contributed by atoms with E-state index in [0.29, 0.717) is 12.5 Å². The summed E-state index contributed by atoms with van der Waals surface area (Å²) in [6.45, 7) is 4.36. The second kappa shape index (κ2) is 6.76. The molecular formula is C17H19N5O3. The average Bonchev–Trinajstić information content (AvgIpc) is 3.20. The molecule has 0 radical (unpaired) electrons. The quantitative estimate of drug-likeness (QED) is 0.717. The van der Waals surface area contributed by atoms with Gasteiger partial charge in [0.25, 0.3) is 5.91 Å². The van der Waals surface area contributed by atoms with Gasteiger partial charge < -0.3 is 9.67 Å². The Bertz CT molecular complexity index is 927. The first-order valence-electron chi connectivity index (χ1n) is 8.06. The third-order valence-corrected chi connectivity index (χ3v) is 3.97. The van der Waals surface area contributed by atoms with Crippen molar-refractivity contribution in [3.05, 3.63) is 42.2 Å². The number of nitrogens with zero attached hydrogens (tertiary/aromatic N) is 4. The maximum atomic E-state index is 12.6. The number of aryl methyl sites for hydroxylation is 1. The van der Waals surface area contributed by atoms with Gasteiger partial charge in [-0.15, -0.1) is 0 Å². The van der Waals surface area contributed by atoms with Gasteiger partial charge in [-0.3, -0.25) is 10.1 Å². The fraction of sp³-hybridized carbons (Fsp3) is 0.294. The normalized spacial score (nSPS) is 12.2. The van der Waals surface area contributed by atoms with Crippen molar-refractivity contribution in [3.63, 3.8) is 0 Å². The number of imidazole rings is 1. The second-order valence-electron chi connectivity index (χ2n) is 5.71. The van der Waals surface area contributed by atoms with Crippen molar-refractivity contribution in [1.29, 1.82) is 0 Å². The summed E-state index contributed by atoms with van der Waals surface area (Å²) in [7, 11) is 0. The summed E-state index contributed by atoms with van der Waals surface area (Å²) in [5.74, 6) is -1.06. The highest BCUT2D eigenvalue weighted by atomic mass is 16.4. The van der Waals surface area contributed by atoms with E-state index in [2.05, 4.69) is 15.4 Å². The zero-order valence-corrected chi connectivity index (χ0v) is 14.0. The summed E-state index contributed by atoms with van der Waals surface area (Å²) < 4.78 is 3.13. The van der Waals surface area contributed by atoms with E-state index in [9.17, 15) is 14.7 Å². The van der Waals surface area contributed by atoms with Crippen molar-refractivity contribution in [2.75, 3.05) is 5.32 Å². The molecule has 2 N–H and O–H groups in total. The smallest absolute Gasteiger partial charge is 0.354 e. The summed E-state index contributed by atoms with van der Waals surface area (Å²) >= 11 is 0. The summed E-state index contributed by atoms with van der Waals surface area (Å²) in [4.78, 5) is 28.3. The number of aromatic carboxylic acids is 1. The molecule has 1 unspecified atom stereocenters. The predicted molar refractivity (Wildman–Crippen MR) is 92.6 cm³/mol. The van der Waals surface area contributed by atoms with E-state index < -0.39 is 12.0 Å². The topological polar surface area (TPSA) is 102 Å². The number of aromatic nitrogens is 4. The molecular weight excluding hydrogens is 322 g/mol. The number of benzene rings is 1. The Balaban J connectivity index is 1.90. The molecule has 0 fully saturated rings. The molecule has 130 valence electrons. The zero-order valence-electron chi connectivity index (χ0n) is 14.0. The molecule has 0 spiro atoms. The number of carboxylic acids is 1. The van der Waals surface area contributed by atoms with Crippen LogP contribution in [0.15, 0.2) is 36.5 Å². The summed E-state index contributed by atoms with van der Waals surface area (Å²) in [6, 6.07) is 8.23. The third-order valence-electron chi connectivity index (χ3n) is 3.97. The van der Waals surface area contributed by atoms with Crippen LogP contribution in [-0.2, 0) is 11.3 Å². The third kappa shape index (κ3) is 3.10. The minimum atomic E-state index is -1.13. The van der Waals surface area contributed by atoms with Crippen molar-refractivity contribution in [2.24, 2.45) is 0 Å². The van der Waals surface area contributed by atoms with E-state index in [1.165, 1.54) is 16.9 Å². The molecule has 0 saturated carbocycles. The Morgan fingerprint density at radius 2 is 2.04 bits per heavy atom. The van der Waals surface area contributed by atoms with Crippen LogP contribution in [-0.4, -0.2) is 36.3 Å². The van der Waals surface area contributed by atoms with Crippen LogP contribution in [0.2, 0.25) is 0 Å². The van der Waals surface area contributed by atoms with Crippen molar-refractivity contribution >= 4 is 28.9 Å². The van der Waals surface area contributed by atoms with E-state index >= 15 is 0 Å². The van der Waals surface area contributed by atoms with Crippen molar-refractivity contribution in [1.82, 2.24) is 19.3 Å². The minimum Gasteiger partial charge on any atom is -0.477 e.